The lowest BCUT2D eigenvalue weighted by atomic mass is 9.93. The molecule has 1 aliphatic heterocycles. The van der Waals surface area contributed by atoms with Crippen LogP contribution < -0.4 is 0 Å². The fourth-order valence-corrected chi connectivity index (χ4v) is 3.38. The van der Waals surface area contributed by atoms with Crippen molar-refractivity contribution in [2.45, 2.75) is 32.1 Å². The minimum absolute atomic E-state index is 0.0524. The van der Waals surface area contributed by atoms with Crippen molar-refractivity contribution in [3.8, 4) is 11.1 Å². The highest BCUT2D eigenvalue weighted by Gasteiger charge is 2.26. The van der Waals surface area contributed by atoms with E-state index in [2.05, 4.69) is 29.9 Å². The fraction of sp³-hybridized carbons (Fsp3) is 0.368. The van der Waals surface area contributed by atoms with Gasteiger partial charge in [0, 0.05) is 54.4 Å². The molecule has 8 nitrogen and oxygen atoms in total. The number of hydrogen-bond acceptors (Lipinski definition) is 7. The van der Waals surface area contributed by atoms with Crippen LogP contribution in [0.4, 0.5) is 0 Å². The van der Waals surface area contributed by atoms with Gasteiger partial charge in [0.15, 0.2) is 0 Å². The monoisotopic (exact) mass is 364 g/mol. The summed E-state index contributed by atoms with van der Waals surface area (Å²) in [4.78, 5) is 27.2. The second kappa shape index (κ2) is 7.61. The molecule has 1 saturated heterocycles. The summed E-state index contributed by atoms with van der Waals surface area (Å²) in [6, 6.07) is 4.07. The summed E-state index contributed by atoms with van der Waals surface area (Å²) in [5, 5.41) is 7.54. The van der Waals surface area contributed by atoms with Crippen LogP contribution in [0.1, 0.15) is 35.8 Å². The number of likely N-dealkylation sites (tertiary alicyclic amines) is 1. The predicted molar refractivity (Wildman–Crippen MR) is 96.6 cm³/mol. The van der Waals surface area contributed by atoms with E-state index < -0.39 is 0 Å². The highest BCUT2D eigenvalue weighted by atomic mass is 16.6. The maximum absolute atomic E-state index is 12.6. The molecule has 1 aliphatic rings. The molecule has 0 unspecified atom stereocenters. The van der Waals surface area contributed by atoms with Crippen LogP contribution in [0.25, 0.3) is 11.1 Å². The Morgan fingerprint density at radius 3 is 2.74 bits per heavy atom. The van der Waals surface area contributed by atoms with Gasteiger partial charge in [-0.3, -0.25) is 9.78 Å². The summed E-state index contributed by atoms with van der Waals surface area (Å²) >= 11 is 0. The van der Waals surface area contributed by atoms with E-state index in [0.29, 0.717) is 17.9 Å². The number of rotatable bonds is 4. The molecule has 0 bridgehead atoms. The molecule has 0 aromatic carbocycles. The molecule has 4 heterocycles. The Balaban J connectivity index is 1.43. The van der Waals surface area contributed by atoms with Gasteiger partial charge in [-0.05, 0) is 25.8 Å². The van der Waals surface area contributed by atoms with E-state index in [1.807, 2.05) is 23.2 Å². The Morgan fingerprint density at radius 2 is 2.04 bits per heavy atom. The number of carbonyl (C=O) groups is 1. The first kappa shape index (κ1) is 17.3. The number of nitrogens with zero attached hydrogens (tertiary/aromatic N) is 6. The largest absolute Gasteiger partial charge is 0.342 e. The summed E-state index contributed by atoms with van der Waals surface area (Å²) < 4.78 is 4.68. The van der Waals surface area contributed by atoms with Crippen molar-refractivity contribution < 1.29 is 9.42 Å². The first-order valence-electron chi connectivity index (χ1n) is 8.98. The number of pyridine rings is 1. The predicted octanol–water partition coefficient (Wildman–Crippen LogP) is 2.18. The van der Waals surface area contributed by atoms with Crippen molar-refractivity contribution in [2.75, 3.05) is 13.1 Å². The van der Waals surface area contributed by atoms with E-state index in [1.54, 1.807) is 19.3 Å². The Morgan fingerprint density at radius 1 is 1.19 bits per heavy atom. The molecule has 0 radical (unpaired) electrons. The first-order valence-corrected chi connectivity index (χ1v) is 8.98. The van der Waals surface area contributed by atoms with Crippen LogP contribution in [0.3, 0.4) is 0 Å². The van der Waals surface area contributed by atoms with E-state index in [4.69, 9.17) is 0 Å². The Hall–Kier alpha value is -3.16. The lowest BCUT2D eigenvalue weighted by molar-refractivity contribution is -0.131. The smallest absolute Gasteiger partial charge is 0.228 e. The molecule has 1 amide bonds. The average molecular weight is 364 g/mol. The molecular formula is C19H20N6O2. The van der Waals surface area contributed by atoms with E-state index in [-0.39, 0.29) is 18.2 Å². The molecule has 1 fully saturated rings. The summed E-state index contributed by atoms with van der Waals surface area (Å²) in [6.45, 7) is 3.23. The average Bonchev–Trinajstić information content (AvgIpc) is 3.13. The van der Waals surface area contributed by atoms with Crippen molar-refractivity contribution in [2.24, 2.45) is 0 Å². The zero-order valence-corrected chi connectivity index (χ0v) is 15.1. The van der Waals surface area contributed by atoms with Crippen LogP contribution in [0.15, 0.2) is 41.7 Å². The third-order valence-electron chi connectivity index (χ3n) is 4.94. The Bertz CT molecular complexity index is 909. The number of piperidine rings is 1. The summed E-state index contributed by atoms with van der Waals surface area (Å²) in [7, 11) is 0. The SMILES string of the molecule is Cc1nonc1CC(=O)N1CCC[C@@H](c2ccc(-c3cncnc3)cn2)C1. The van der Waals surface area contributed by atoms with Crippen LogP contribution in [0.2, 0.25) is 0 Å². The number of aryl methyl sites for hydroxylation is 1. The molecule has 3 aromatic heterocycles. The highest BCUT2D eigenvalue weighted by Crippen LogP contribution is 2.27. The second-order valence-electron chi connectivity index (χ2n) is 6.75. The zero-order chi connectivity index (χ0) is 18.6. The maximum atomic E-state index is 12.6. The van der Waals surface area contributed by atoms with Gasteiger partial charge in [0.2, 0.25) is 5.91 Å². The van der Waals surface area contributed by atoms with Gasteiger partial charge in [-0.2, -0.15) is 0 Å². The van der Waals surface area contributed by atoms with Crippen LogP contribution in [0, 0.1) is 6.92 Å². The topological polar surface area (TPSA) is 97.9 Å². The lowest BCUT2D eigenvalue weighted by Gasteiger charge is -2.32. The molecule has 138 valence electrons. The summed E-state index contributed by atoms with van der Waals surface area (Å²) in [5.41, 5.74) is 4.20. The van der Waals surface area contributed by atoms with Gasteiger partial charge in [-0.15, -0.1) is 0 Å². The van der Waals surface area contributed by atoms with Gasteiger partial charge in [0.25, 0.3) is 0 Å². The molecule has 0 spiro atoms. The third kappa shape index (κ3) is 3.84. The van der Waals surface area contributed by atoms with Crippen LogP contribution in [-0.2, 0) is 11.2 Å². The molecule has 4 rings (SSSR count). The normalized spacial score (nSPS) is 17.1. The van der Waals surface area contributed by atoms with E-state index in [0.717, 1.165) is 36.2 Å². The first-order chi connectivity index (χ1) is 13.2. The van der Waals surface area contributed by atoms with Crippen molar-refractivity contribution in [3.63, 3.8) is 0 Å². The van der Waals surface area contributed by atoms with Gasteiger partial charge in [-0.1, -0.05) is 16.4 Å². The van der Waals surface area contributed by atoms with Crippen molar-refractivity contribution in [3.05, 3.63) is 54.1 Å². The van der Waals surface area contributed by atoms with Crippen molar-refractivity contribution in [1.29, 1.82) is 0 Å². The molecule has 0 saturated carbocycles. The minimum Gasteiger partial charge on any atom is -0.342 e. The van der Waals surface area contributed by atoms with Gasteiger partial charge < -0.3 is 4.90 Å². The van der Waals surface area contributed by atoms with Gasteiger partial charge in [-0.25, -0.2) is 14.6 Å². The summed E-state index contributed by atoms with van der Waals surface area (Å²) in [5.74, 6) is 0.289. The fourth-order valence-electron chi connectivity index (χ4n) is 3.38. The lowest BCUT2D eigenvalue weighted by Crippen LogP contribution is -2.40. The molecule has 0 aliphatic carbocycles. The van der Waals surface area contributed by atoms with Crippen molar-refractivity contribution in [1.82, 2.24) is 30.2 Å². The molecule has 3 aromatic rings. The number of carbonyl (C=O) groups excluding carboxylic acids is 1. The third-order valence-corrected chi connectivity index (χ3v) is 4.94. The Kier molecular flexibility index (Phi) is 4.86. The highest BCUT2D eigenvalue weighted by molar-refractivity contribution is 5.78. The van der Waals surface area contributed by atoms with Gasteiger partial charge in [0.1, 0.15) is 17.7 Å². The van der Waals surface area contributed by atoms with Crippen LogP contribution in [-0.4, -0.2) is 49.2 Å². The quantitative estimate of drug-likeness (QED) is 0.700. The van der Waals surface area contributed by atoms with Crippen molar-refractivity contribution >= 4 is 5.91 Å². The molecule has 27 heavy (non-hydrogen) atoms. The molecular weight excluding hydrogens is 344 g/mol. The summed E-state index contributed by atoms with van der Waals surface area (Å²) in [6.07, 6.45) is 9.10. The van der Waals surface area contributed by atoms with E-state index in [9.17, 15) is 4.79 Å². The van der Waals surface area contributed by atoms with Crippen LogP contribution in [0.5, 0.6) is 0 Å². The zero-order valence-electron chi connectivity index (χ0n) is 15.1. The van der Waals surface area contributed by atoms with E-state index >= 15 is 0 Å². The van der Waals surface area contributed by atoms with Crippen LogP contribution >= 0.6 is 0 Å². The Labute approximate surface area is 156 Å². The molecule has 0 N–H and O–H groups in total. The second-order valence-corrected chi connectivity index (χ2v) is 6.75. The maximum Gasteiger partial charge on any atom is 0.228 e. The standard InChI is InChI=1S/C19H20N6O2/c1-13-18(24-27-23-13)7-19(26)25-6-2-3-15(11-25)17-5-4-14(10-22-17)16-8-20-12-21-9-16/h4-5,8-10,12,15H,2-3,6-7,11H2,1H3/t15-/m1/s1. The number of amides is 1. The van der Waals surface area contributed by atoms with Gasteiger partial charge in [0.05, 0.1) is 6.42 Å². The molecule has 1 atom stereocenters. The molecule has 8 heteroatoms. The minimum atomic E-state index is 0.0524. The number of hydrogen-bond donors (Lipinski definition) is 0. The number of aromatic nitrogens is 5. The van der Waals surface area contributed by atoms with E-state index in [1.165, 1.54) is 6.33 Å². The van der Waals surface area contributed by atoms with Gasteiger partial charge >= 0.3 is 0 Å².